The molecule has 0 aromatic rings. The summed E-state index contributed by atoms with van der Waals surface area (Å²) in [5, 5.41) is 10.1. The summed E-state index contributed by atoms with van der Waals surface area (Å²) in [6, 6.07) is 0. The van der Waals surface area contributed by atoms with Gasteiger partial charge in [-0.25, -0.2) is 0 Å². The first-order chi connectivity index (χ1) is 9.95. The number of rotatable bonds is 10. The molecule has 21 heavy (non-hydrogen) atoms. The maximum atomic E-state index is 8.80. The van der Waals surface area contributed by atoms with Crippen molar-refractivity contribution >= 4 is 9.24 Å². The normalized spacial score (nSPS) is 14.8. The minimum absolute atomic E-state index is 0.157. The van der Waals surface area contributed by atoms with Crippen molar-refractivity contribution in [2.75, 3.05) is 6.61 Å². The van der Waals surface area contributed by atoms with E-state index in [1.54, 1.807) is 0 Å². The number of allylic oxidation sites excluding steroid dienone is 7. The summed E-state index contributed by atoms with van der Waals surface area (Å²) < 4.78 is 0. The second-order valence-electron chi connectivity index (χ2n) is 5.90. The molecule has 0 aromatic heterocycles. The zero-order valence-corrected chi connectivity index (χ0v) is 15.4. The summed E-state index contributed by atoms with van der Waals surface area (Å²) in [5.41, 5.74) is 4.23. The molecule has 2 heteroatoms. The van der Waals surface area contributed by atoms with Crippen molar-refractivity contribution in [2.24, 2.45) is 0 Å². The van der Waals surface area contributed by atoms with Gasteiger partial charge in [0.2, 0.25) is 0 Å². The van der Waals surface area contributed by atoms with Gasteiger partial charge in [-0.1, -0.05) is 46.3 Å². The van der Waals surface area contributed by atoms with Gasteiger partial charge < -0.3 is 5.11 Å². The highest BCUT2D eigenvalue weighted by Crippen LogP contribution is 2.14. The van der Waals surface area contributed by atoms with Gasteiger partial charge in [0.15, 0.2) is 0 Å². The van der Waals surface area contributed by atoms with E-state index < -0.39 is 0 Å². The first-order valence-electron chi connectivity index (χ1n) is 7.95. The van der Waals surface area contributed by atoms with Crippen LogP contribution in [0.25, 0.3) is 0 Å². The molecular formula is C19H33OP. The Balaban J connectivity index is 3.93. The quantitative estimate of drug-likeness (QED) is 0.391. The van der Waals surface area contributed by atoms with Gasteiger partial charge in [-0.15, -0.1) is 9.24 Å². The fourth-order valence-corrected chi connectivity index (χ4v) is 2.25. The van der Waals surface area contributed by atoms with E-state index in [0.29, 0.717) is 0 Å². The van der Waals surface area contributed by atoms with Gasteiger partial charge in [0.05, 0.1) is 6.61 Å². The smallest absolute Gasteiger partial charge is 0.0614 e. The molecule has 0 bridgehead atoms. The Morgan fingerprint density at radius 1 is 0.714 bits per heavy atom. The van der Waals surface area contributed by atoms with Crippen LogP contribution >= 0.6 is 9.24 Å². The molecule has 1 atom stereocenters. The third-order valence-corrected chi connectivity index (χ3v) is 3.74. The molecule has 0 aliphatic rings. The molecule has 0 fully saturated rings. The largest absolute Gasteiger partial charge is 0.392 e. The fraction of sp³-hybridized carbons (Fsp3) is 0.579. The van der Waals surface area contributed by atoms with Gasteiger partial charge in [0.25, 0.3) is 0 Å². The van der Waals surface area contributed by atoms with E-state index in [4.69, 9.17) is 5.11 Å². The van der Waals surface area contributed by atoms with E-state index in [1.165, 1.54) is 28.5 Å². The van der Waals surface area contributed by atoms with E-state index in [0.717, 1.165) is 32.1 Å². The minimum Gasteiger partial charge on any atom is -0.392 e. The van der Waals surface area contributed by atoms with Gasteiger partial charge in [0.1, 0.15) is 0 Å². The van der Waals surface area contributed by atoms with Crippen LogP contribution in [-0.4, -0.2) is 11.7 Å². The summed E-state index contributed by atoms with van der Waals surface area (Å²) in [4.78, 5) is 0. The predicted molar refractivity (Wildman–Crippen MR) is 99.5 cm³/mol. The number of aliphatic hydroxyl groups excluding tert-OH is 1. The second-order valence-corrected chi connectivity index (χ2v) is 6.81. The zero-order chi connectivity index (χ0) is 16.1. The molecule has 0 amide bonds. The molecule has 1 unspecified atom stereocenters. The van der Waals surface area contributed by atoms with Crippen LogP contribution in [0.4, 0.5) is 0 Å². The first kappa shape index (κ1) is 20.3. The van der Waals surface area contributed by atoms with Gasteiger partial charge >= 0.3 is 0 Å². The minimum atomic E-state index is 0.157. The second kappa shape index (κ2) is 13.0. The fourth-order valence-electron chi connectivity index (χ4n) is 2.08. The maximum absolute atomic E-state index is 8.80. The Labute approximate surface area is 134 Å². The molecule has 120 valence electrons. The lowest BCUT2D eigenvalue weighted by Gasteiger charge is -2.02. The molecular weight excluding hydrogens is 275 g/mol. The van der Waals surface area contributed by atoms with Gasteiger partial charge in [-0.2, -0.15) is 0 Å². The zero-order valence-electron chi connectivity index (χ0n) is 14.3. The van der Waals surface area contributed by atoms with Gasteiger partial charge in [0, 0.05) is 0 Å². The standard InChI is InChI=1S/C19H33OP/c1-16(10-6-11-18(3)14-15-20)8-5-9-17(2)12-7-13-19(4)21/h9-10,13-14,20H,5-8,11-12,15,21H2,1-4H3/b16-10+,17-9+,18-14+,19-13+. The third kappa shape index (κ3) is 14.1. The first-order valence-corrected chi connectivity index (χ1v) is 8.53. The summed E-state index contributed by atoms with van der Waals surface area (Å²) in [7, 11) is 2.73. The van der Waals surface area contributed by atoms with Gasteiger partial charge in [-0.05, 0) is 66.2 Å². The van der Waals surface area contributed by atoms with Crippen LogP contribution in [0.1, 0.15) is 66.2 Å². The Kier molecular flexibility index (Phi) is 12.6. The van der Waals surface area contributed by atoms with Crippen LogP contribution in [0, 0.1) is 0 Å². The Bertz CT molecular complexity index is 396. The lowest BCUT2D eigenvalue weighted by Crippen LogP contribution is -1.83. The average Bonchev–Trinajstić information content (AvgIpc) is 2.38. The molecule has 1 N–H and O–H groups in total. The van der Waals surface area contributed by atoms with Crippen LogP contribution in [0.15, 0.2) is 46.3 Å². The molecule has 0 aromatic carbocycles. The van der Waals surface area contributed by atoms with Crippen LogP contribution < -0.4 is 0 Å². The maximum Gasteiger partial charge on any atom is 0.0614 e. The van der Waals surface area contributed by atoms with E-state index in [9.17, 15) is 0 Å². The Morgan fingerprint density at radius 3 is 1.48 bits per heavy atom. The average molecular weight is 308 g/mol. The van der Waals surface area contributed by atoms with Crippen LogP contribution in [0.5, 0.6) is 0 Å². The third-order valence-electron chi connectivity index (χ3n) is 3.51. The van der Waals surface area contributed by atoms with Crippen molar-refractivity contribution in [1.82, 2.24) is 0 Å². The van der Waals surface area contributed by atoms with Crippen molar-refractivity contribution < 1.29 is 5.11 Å². The summed E-state index contributed by atoms with van der Waals surface area (Å²) in [5.74, 6) is 0. The highest BCUT2D eigenvalue weighted by Gasteiger charge is 1.93. The molecule has 0 saturated carbocycles. The van der Waals surface area contributed by atoms with Crippen molar-refractivity contribution in [1.29, 1.82) is 0 Å². The monoisotopic (exact) mass is 308 g/mol. The summed E-state index contributed by atoms with van der Waals surface area (Å²) in [6.45, 7) is 8.80. The van der Waals surface area contributed by atoms with Crippen molar-refractivity contribution in [3.05, 3.63) is 46.3 Å². The molecule has 0 radical (unpaired) electrons. The summed E-state index contributed by atoms with van der Waals surface area (Å²) in [6.07, 6.45) is 15.6. The highest BCUT2D eigenvalue weighted by molar-refractivity contribution is 7.22. The van der Waals surface area contributed by atoms with Crippen molar-refractivity contribution in [2.45, 2.75) is 66.2 Å². The van der Waals surface area contributed by atoms with Crippen LogP contribution in [0.2, 0.25) is 0 Å². The predicted octanol–water partition coefficient (Wildman–Crippen LogP) is 5.94. The van der Waals surface area contributed by atoms with Crippen molar-refractivity contribution in [3.63, 3.8) is 0 Å². The number of aliphatic hydroxyl groups is 1. The number of hydrogen-bond donors (Lipinski definition) is 1. The lowest BCUT2D eigenvalue weighted by molar-refractivity contribution is 0.341. The SMILES string of the molecule is C/C(P)=C\CC/C(C)=C/CC/C(C)=C/CC/C(C)=C/CO. The topological polar surface area (TPSA) is 20.2 Å². The number of hydrogen-bond acceptors (Lipinski definition) is 1. The Hall–Kier alpha value is -0.650. The molecule has 0 aliphatic heterocycles. The van der Waals surface area contributed by atoms with Crippen LogP contribution in [0.3, 0.4) is 0 Å². The molecule has 0 spiro atoms. The summed E-state index contributed by atoms with van der Waals surface area (Å²) >= 11 is 0. The van der Waals surface area contributed by atoms with E-state index in [2.05, 4.69) is 55.2 Å². The van der Waals surface area contributed by atoms with E-state index >= 15 is 0 Å². The molecule has 0 saturated heterocycles. The molecule has 0 aliphatic carbocycles. The van der Waals surface area contributed by atoms with E-state index in [-0.39, 0.29) is 6.61 Å². The highest BCUT2D eigenvalue weighted by atomic mass is 31.0. The van der Waals surface area contributed by atoms with Crippen molar-refractivity contribution in [3.8, 4) is 0 Å². The van der Waals surface area contributed by atoms with Gasteiger partial charge in [-0.3, -0.25) is 0 Å². The van der Waals surface area contributed by atoms with E-state index in [1.807, 2.05) is 6.08 Å². The Morgan fingerprint density at radius 2 is 1.10 bits per heavy atom. The molecule has 1 nitrogen and oxygen atoms in total. The van der Waals surface area contributed by atoms with Crippen LogP contribution in [-0.2, 0) is 0 Å². The molecule has 0 rings (SSSR count). The molecule has 0 heterocycles. The lowest BCUT2D eigenvalue weighted by atomic mass is 10.0.